The van der Waals surface area contributed by atoms with E-state index in [0.29, 0.717) is 13.0 Å². The number of rotatable bonds is 36. The van der Waals surface area contributed by atoms with Gasteiger partial charge in [-0.1, -0.05) is 142 Å². The Kier molecular flexibility index (Phi) is 33.2. The quantitative estimate of drug-likeness (QED) is 0.0393. The summed E-state index contributed by atoms with van der Waals surface area (Å²) < 4.78 is 40.2. The molecule has 0 aliphatic rings. The van der Waals surface area contributed by atoms with Crippen LogP contribution in [-0.4, -0.2) is 58.1 Å². The number of ether oxygens (including phenoxy) is 2. The lowest BCUT2D eigenvalue weighted by molar-refractivity contribution is -0.161. The minimum Gasteiger partial charge on any atom is -0.462 e. The van der Waals surface area contributed by atoms with Crippen LogP contribution in [0.4, 0.5) is 0 Å². The van der Waals surface area contributed by atoms with Crippen LogP contribution in [0.5, 0.6) is 0 Å². The summed E-state index contributed by atoms with van der Waals surface area (Å²) in [6.45, 7) is 6.48. The maximum atomic E-state index is 13.0. The Hall–Kier alpha value is -0.990. The molecule has 0 aliphatic carbocycles. The van der Waals surface area contributed by atoms with Gasteiger partial charge in [0.2, 0.25) is 0 Å². The fraction of sp³-hybridized carbons (Fsp3) is 0.944. The minimum absolute atomic E-state index is 0.130. The van der Waals surface area contributed by atoms with Crippen molar-refractivity contribution in [2.75, 3.05) is 40.0 Å². The Morgan fingerprint density at radius 3 is 1.43 bits per heavy atom. The summed E-state index contributed by atoms with van der Waals surface area (Å²) in [7, 11) is -2.10. The number of phosphoric ester groups is 1. The minimum atomic E-state index is -3.85. The van der Waals surface area contributed by atoms with E-state index in [0.717, 1.165) is 38.5 Å². The van der Waals surface area contributed by atoms with Gasteiger partial charge in [-0.2, -0.15) is 0 Å². The standard InChI is InChI=1S/C36H72NO8P/c1-5-8-10-12-14-16-18-20-22-24-26-28-35(38)41-32-34(33-44-46(40,42-7-3)43-31-30-37-4)45-36(39)29-27-25-23-21-19-17-15-13-11-9-6-2/h34,37H,5-33H2,1-4H3. The molecule has 0 aromatic rings. The van der Waals surface area contributed by atoms with E-state index in [1.165, 1.54) is 103 Å². The Morgan fingerprint density at radius 2 is 1.00 bits per heavy atom. The number of phosphoric acid groups is 1. The van der Waals surface area contributed by atoms with Crippen LogP contribution < -0.4 is 5.32 Å². The van der Waals surface area contributed by atoms with Crippen LogP contribution >= 0.6 is 7.82 Å². The molecule has 0 fully saturated rings. The molecule has 0 aromatic heterocycles. The van der Waals surface area contributed by atoms with Crippen molar-refractivity contribution in [1.82, 2.24) is 5.32 Å². The molecule has 2 unspecified atom stereocenters. The molecule has 0 rings (SSSR count). The number of carbonyl (C=O) groups excluding carboxylic acids is 2. The molecular formula is C36H72NO8P. The Balaban J connectivity index is 4.51. The number of hydrogen-bond donors (Lipinski definition) is 1. The zero-order valence-electron chi connectivity index (χ0n) is 30.3. The molecule has 9 nitrogen and oxygen atoms in total. The zero-order valence-corrected chi connectivity index (χ0v) is 31.2. The van der Waals surface area contributed by atoms with Crippen LogP contribution in [0.3, 0.4) is 0 Å². The monoisotopic (exact) mass is 677 g/mol. The average molecular weight is 678 g/mol. The average Bonchev–Trinajstić information content (AvgIpc) is 3.04. The maximum Gasteiger partial charge on any atom is 0.474 e. The van der Waals surface area contributed by atoms with Gasteiger partial charge < -0.3 is 14.8 Å². The van der Waals surface area contributed by atoms with E-state index in [-0.39, 0.29) is 44.8 Å². The summed E-state index contributed by atoms with van der Waals surface area (Å²) in [6.07, 6.45) is 26.1. The number of esters is 2. The normalized spacial score (nSPS) is 13.4. The van der Waals surface area contributed by atoms with Crippen LogP contribution in [-0.2, 0) is 37.2 Å². The van der Waals surface area contributed by atoms with E-state index >= 15 is 0 Å². The molecule has 0 aromatic carbocycles. The summed E-state index contributed by atoms with van der Waals surface area (Å²) in [5, 5.41) is 2.91. The predicted molar refractivity (Wildman–Crippen MR) is 188 cm³/mol. The molecule has 0 radical (unpaired) electrons. The lowest BCUT2D eigenvalue weighted by atomic mass is 10.1. The molecule has 1 N–H and O–H groups in total. The maximum absolute atomic E-state index is 13.0. The van der Waals surface area contributed by atoms with Crippen LogP contribution in [0.2, 0.25) is 0 Å². The van der Waals surface area contributed by atoms with Crippen molar-refractivity contribution in [1.29, 1.82) is 0 Å². The van der Waals surface area contributed by atoms with Gasteiger partial charge in [-0.15, -0.1) is 0 Å². The van der Waals surface area contributed by atoms with E-state index in [1.54, 1.807) is 14.0 Å². The fourth-order valence-corrected chi connectivity index (χ4v) is 6.39. The lowest BCUT2D eigenvalue weighted by Crippen LogP contribution is -2.30. The highest BCUT2D eigenvalue weighted by molar-refractivity contribution is 7.48. The largest absolute Gasteiger partial charge is 0.474 e. The fourth-order valence-electron chi connectivity index (χ4n) is 5.19. The van der Waals surface area contributed by atoms with Crippen molar-refractivity contribution < 1.29 is 37.2 Å². The van der Waals surface area contributed by atoms with Crippen LogP contribution in [0, 0.1) is 0 Å². The van der Waals surface area contributed by atoms with Crippen LogP contribution in [0.25, 0.3) is 0 Å². The summed E-state index contributed by atoms with van der Waals surface area (Å²) >= 11 is 0. The highest BCUT2D eigenvalue weighted by atomic mass is 31.2. The summed E-state index contributed by atoms with van der Waals surface area (Å²) in [6, 6.07) is 0. The van der Waals surface area contributed by atoms with Gasteiger partial charge in [0.15, 0.2) is 6.10 Å². The van der Waals surface area contributed by atoms with Crippen LogP contribution in [0.15, 0.2) is 0 Å². The van der Waals surface area contributed by atoms with Gasteiger partial charge >= 0.3 is 19.8 Å². The molecule has 0 saturated carbocycles. The molecule has 0 saturated heterocycles. The number of nitrogens with one attached hydrogen (secondary N) is 1. The summed E-state index contributed by atoms with van der Waals surface area (Å²) in [4.78, 5) is 25.1. The van der Waals surface area contributed by atoms with Crippen LogP contribution in [0.1, 0.15) is 175 Å². The van der Waals surface area contributed by atoms with Gasteiger partial charge in [-0.05, 0) is 26.8 Å². The highest BCUT2D eigenvalue weighted by Crippen LogP contribution is 2.49. The lowest BCUT2D eigenvalue weighted by Gasteiger charge is -2.22. The number of hydrogen-bond acceptors (Lipinski definition) is 9. The number of likely N-dealkylation sites (N-methyl/N-ethyl adjacent to an activating group) is 1. The molecule has 0 amide bonds. The van der Waals surface area contributed by atoms with E-state index in [9.17, 15) is 14.2 Å². The first kappa shape index (κ1) is 45.0. The van der Waals surface area contributed by atoms with E-state index in [2.05, 4.69) is 19.2 Å². The van der Waals surface area contributed by atoms with Gasteiger partial charge in [0.05, 0.1) is 19.8 Å². The van der Waals surface area contributed by atoms with Gasteiger partial charge in [0, 0.05) is 19.4 Å². The second-order valence-electron chi connectivity index (χ2n) is 12.5. The Bertz CT molecular complexity index is 739. The molecule has 46 heavy (non-hydrogen) atoms. The van der Waals surface area contributed by atoms with Crippen molar-refractivity contribution in [3.63, 3.8) is 0 Å². The Labute approximate surface area is 283 Å². The van der Waals surface area contributed by atoms with E-state index in [1.807, 2.05) is 0 Å². The third-order valence-corrected chi connectivity index (χ3v) is 9.54. The first-order valence-electron chi connectivity index (χ1n) is 18.9. The number of unbranched alkanes of at least 4 members (excludes halogenated alkanes) is 20. The van der Waals surface area contributed by atoms with Crippen molar-refractivity contribution in [2.45, 2.75) is 181 Å². The first-order valence-corrected chi connectivity index (χ1v) is 20.4. The second kappa shape index (κ2) is 33.9. The van der Waals surface area contributed by atoms with E-state index < -0.39 is 13.9 Å². The molecular weight excluding hydrogens is 605 g/mol. The van der Waals surface area contributed by atoms with Gasteiger partial charge in [-0.25, -0.2) is 4.57 Å². The SMILES string of the molecule is CCCCCCCCCCCCCC(=O)OCC(COP(=O)(OCC)OCCNC)OC(=O)CCCCCCCCCCCCC. The van der Waals surface area contributed by atoms with Crippen molar-refractivity contribution in [3.8, 4) is 0 Å². The predicted octanol–water partition coefficient (Wildman–Crippen LogP) is 10.2. The molecule has 0 spiro atoms. The van der Waals surface area contributed by atoms with E-state index in [4.69, 9.17) is 23.0 Å². The molecule has 0 aliphatic heterocycles. The molecule has 2 atom stereocenters. The van der Waals surface area contributed by atoms with Gasteiger partial charge in [0.1, 0.15) is 6.61 Å². The topological polar surface area (TPSA) is 109 Å². The zero-order chi connectivity index (χ0) is 34.0. The Morgan fingerprint density at radius 1 is 0.565 bits per heavy atom. The first-order chi connectivity index (χ1) is 22.4. The summed E-state index contributed by atoms with van der Waals surface area (Å²) in [5.41, 5.74) is 0. The summed E-state index contributed by atoms with van der Waals surface area (Å²) in [5.74, 6) is -0.714. The molecule has 0 bridgehead atoms. The third kappa shape index (κ3) is 30.4. The third-order valence-electron chi connectivity index (χ3n) is 8.00. The smallest absolute Gasteiger partial charge is 0.462 e. The van der Waals surface area contributed by atoms with Gasteiger partial charge in [-0.3, -0.25) is 23.2 Å². The molecule has 0 heterocycles. The van der Waals surface area contributed by atoms with Crippen molar-refractivity contribution in [2.24, 2.45) is 0 Å². The van der Waals surface area contributed by atoms with Crippen molar-refractivity contribution >= 4 is 19.8 Å². The highest BCUT2D eigenvalue weighted by Gasteiger charge is 2.29. The number of carbonyl (C=O) groups is 2. The molecule has 10 heteroatoms. The molecule has 274 valence electrons. The second-order valence-corrected chi connectivity index (χ2v) is 14.1. The van der Waals surface area contributed by atoms with Gasteiger partial charge in [0.25, 0.3) is 0 Å². The van der Waals surface area contributed by atoms with Crippen molar-refractivity contribution in [3.05, 3.63) is 0 Å².